The lowest BCUT2D eigenvalue weighted by molar-refractivity contribution is 0.660. The van der Waals surface area contributed by atoms with Gasteiger partial charge in [-0.1, -0.05) is 159 Å². The quantitative estimate of drug-likeness (QED) is 0.175. The van der Waals surface area contributed by atoms with Crippen molar-refractivity contribution in [2.75, 3.05) is 0 Å². The normalized spacial score (nSPS) is 14.2. The van der Waals surface area contributed by atoms with Gasteiger partial charge in [0.1, 0.15) is 0 Å². The lowest BCUT2D eigenvalue weighted by Gasteiger charge is -2.21. The van der Waals surface area contributed by atoms with Gasteiger partial charge in [-0.3, -0.25) is 0 Å². The molecule has 4 nitrogen and oxygen atoms in total. The van der Waals surface area contributed by atoms with E-state index in [2.05, 4.69) is 122 Å². The summed E-state index contributed by atoms with van der Waals surface area (Å²) in [5, 5.41) is 4.09. The van der Waals surface area contributed by atoms with Crippen LogP contribution < -0.4 is 0 Å². The summed E-state index contributed by atoms with van der Waals surface area (Å²) >= 11 is 1.62. The molecule has 0 saturated carbocycles. The molecule has 0 amide bonds. The van der Waals surface area contributed by atoms with Crippen molar-refractivity contribution in [1.29, 1.82) is 0 Å². The second-order valence-electron chi connectivity index (χ2n) is 15.6. The van der Waals surface area contributed by atoms with Gasteiger partial charge < -0.3 is 4.57 Å². The van der Waals surface area contributed by atoms with Gasteiger partial charge in [-0.25, -0.2) is 15.0 Å². The molecule has 0 N–H and O–H groups in total. The van der Waals surface area contributed by atoms with Gasteiger partial charge in [0, 0.05) is 58.7 Å². The number of rotatable bonds is 5. The van der Waals surface area contributed by atoms with Gasteiger partial charge in [-0.2, -0.15) is 0 Å². The van der Waals surface area contributed by atoms with Crippen LogP contribution in [0, 0.1) is 0 Å². The molecule has 8 aromatic carbocycles. The van der Waals surface area contributed by atoms with Crippen LogP contribution in [0.1, 0.15) is 31.8 Å². The first-order chi connectivity index (χ1) is 31.1. The largest absolute Gasteiger partial charge is 0.309 e. The summed E-state index contributed by atoms with van der Waals surface area (Å²) in [4.78, 5) is 16.0. The maximum atomic E-state index is 8.83. The summed E-state index contributed by atoms with van der Waals surface area (Å²) < 4.78 is 47.0. The van der Waals surface area contributed by atoms with Crippen molar-refractivity contribution >= 4 is 53.3 Å². The number of hydrogen-bond acceptors (Lipinski definition) is 4. The van der Waals surface area contributed by atoms with E-state index >= 15 is 0 Å². The van der Waals surface area contributed by atoms with Crippen molar-refractivity contribution in [2.24, 2.45) is 0 Å². The molecule has 278 valence electrons. The van der Waals surface area contributed by atoms with Crippen LogP contribution in [-0.2, 0) is 5.41 Å². The summed E-state index contributed by atoms with van der Waals surface area (Å²) in [7, 11) is 0. The Morgan fingerprint density at radius 1 is 0.492 bits per heavy atom. The van der Waals surface area contributed by atoms with E-state index in [1.54, 1.807) is 11.3 Å². The number of fused-ring (bicyclic) bond motifs is 9. The summed E-state index contributed by atoms with van der Waals surface area (Å²) in [5.74, 6) is 1.66. The Morgan fingerprint density at radius 3 is 1.92 bits per heavy atom. The minimum Gasteiger partial charge on any atom is -0.309 e. The third-order valence-electron chi connectivity index (χ3n) is 11.9. The summed E-state index contributed by atoms with van der Waals surface area (Å²) in [6.07, 6.45) is 0. The molecule has 3 heterocycles. The zero-order valence-electron chi connectivity index (χ0n) is 37.1. The van der Waals surface area contributed by atoms with Crippen molar-refractivity contribution in [3.05, 3.63) is 193 Å². The Morgan fingerprint density at radius 2 is 1.14 bits per heavy atom. The van der Waals surface area contributed by atoms with Crippen molar-refractivity contribution in [1.82, 2.24) is 19.5 Å². The van der Waals surface area contributed by atoms with Gasteiger partial charge in [0.05, 0.1) is 17.9 Å². The Kier molecular flexibility index (Phi) is 6.36. The van der Waals surface area contributed by atoms with Crippen molar-refractivity contribution in [2.45, 2.75) is 19.3 Å². The molecule has 59 heavy (non-hydrogen) atoms. The first-order valence-electron chi connectivity index (χ1n) is 22.2. The van der Waals surface area contributed by atoms with Crippen LogP contribution >= 0.6 is 11.3 Å². The molecular weight excluding hydrogens is 737 g/mol. The van der Waals surface area contributed by atoms with Crippen molar-refractivity contribution in [3.63, 3.8) is 0 Å². The Labute approximate surface area is 352 Å². The van der Waals surface area contributed by atoms with Crippen LogP contribution in [0.15, 0.2) is 182 Å². The molecule has 0 fully saturated rings. The van der Waals surface area contributed by atoms with E-state index in [9.17, 15) is 0 Å². The lowest BCUT2D eigenvalue weighted by Crippen LogP contribution is -2.14. The molecule has 0 radical (unpaired) electrons. The SMILES string of the molecule is [2H]c1c([2H])c([2H])c(-c2ccc3sc4c(-c5nc(-c6ccccc6)nc(-c6cccc7c6-c6ccccc6C7(C)C)n5)cc(-n5c6ccccc6c6ccccc65)cc4c3c2)c([2H])c1[2H]. The summed E-state index contributed by atoms with van der Waals surface area (Å²) in [6, 6.07) is 50.5. The van der Waals surface area contributed by atoms with E-state index in [-0.39, 0.29) is 35.1 Å². The van der Waals surface area contributed by atoms with Gasteiger partial charge in [-0.15, -0.1) is 11.3 Å². The predicted octanol–water partition coefficient (Wildman–Crippen LogP) is 14.3. The average Bonchev–Trinajstić information content (AvgIpc) is 3.95. The lowest BCUT2D eigenvalue weighted by atomic mass is 9.82. The Hall–Kier alpha value is -7.21. The van der Waals surface area contributed by atoms with Gasteiger partial charge in [0.15, 0.2) is 17.5 Å². The number of benzene rings is 8. The number of para-hydroxylation sites is 2. The van der Waals surface area contributed by atoms with Crippen molar-refractivity contribution in [3.8, 4) is 62.1 Å². The number of thiophene rings is 1. The molecule has 0 unspecified atom stereocenters. The first kappa shape index (κ1) is 29.1. The van der Waals surface area contributed by atoms with Gasteiger partial charge in [0.2, 0.25) is 0 Å². The third-order valence-corrected chi connectivity index (χ3v) is 13.2. The zero-order valence-corrected chi connectivity index (χ0v) is 32.9. The van der Waals surface area contributed by atoms with Crippen LogP contribution in [0.25, 0.3) is 104 Å². The van der Waals surface area contributed by atoms with E-state index in [0.717, 1.165) is 69.9 Å². The topological polar surface area (TPSA) is 43.6 Å². The third kappa shape index (κ3) is 5.18. The van der Waals surface area contributed by atoms with Gasteiger partial charge >= 0.3 is 0 Å². The highest BCUT2D eigenvalue weighted by molar-refractivity contribution is 7.26. The maximum Gasteiger partial charge on any atom is 0.165 e. The molecular formula is C54H36N4S. The zero-order chi connectivity index (χ0) is 43.6. The Balaban J connectivity index is 1.18. The molecule has 5 heteroatoms. The standard InChI is InChI=1S/C54H36N4S/c1-54(2)44-24-12-9-22-39(44)49-40(23-15-25-45(49)54)52-55-51(34-18-7-4-8-19-34)56-53(57-52)43-32-36(58-46-26-13-10-20-37(46)38-21-11-14-27-47(38)58)31-42-41-30-35(33-16-5-3-6-17-33)28-29-48(41)59-50(42)43/h3-32H,1-2H3/i3D,5D,6D,16D,17D. The fourth-order valence-electron chi connectivity index (χ4n) is 9.18. The first-order valence-corrected chi connectivity index (χ1v) is 20.5. The predicted molar refractivity (Wildman–Crippen MR) is 246 cm³/mol. The Bertz CT molecular complexity index is 3700. The molecule has 0 atom stereocenters. The highest BCUT2D eigenvalue weighted by Gasteiger charge is 2.37. The smallest absolute Gasteiger partial charge is 0.165 e. The molecule has 0 saturated heterocycles. The van der Waals surface area contributed by atoms with Gasteiger partial charge in [-0.05, 0) is 69.8 Å². The number of aromatic nitrogens is 4. The molecule has 0 bridgehead atoms. The fraction of sp³-hybridized carbons (Fsp3) is 0.0556. The fourth-order valence-corrected chi connectivity index (χ4v) is 10.4. The van der Waals surface area contributed by atoms with Crippen molar-refractivity contribution < 1.29 is 6.85 Å². The maximum absolute atomic E-state index is 8.83. The molecule has 0 aliphatic heterocycles. The summed E-state index contributed by atoms with van der Waals surface area (Å²) in [6.45, 7) is 4.55. The highest BCUT2D eigenvalue weighted by Crippen LogP contribution is 2.52. The molecule has 1 aliphatic rings. The van der Waals surface area contributed by atoms with Crippen LogP contribution in [-0.4, -0.2) is 19.5 Å². The number of hydrogen-bond donors (Lipinski definition) is 0. The molecule has 12 rings (SSSR count). The molecule has 11 aromatic rings. The van der Waals surface area contributed by atoms with Crippen LogP contribution in [0.2, 0.25) is 0 Å². The second kappa shape index (κ2) is 12.9. The molecule has 3 aromatic heterocycles. The minimum absolute atomic E-state index is 0.167. The average molecular weight is 778 g/mol. The van der Waals surface area contributed by atoms with Gasteiger partial charge in [0.25, 0.3) is 0 Å². The van der Waals surface area contributed by atoms with E-state index in [1.807, 2.05) is 48.5 Å². The summed E-state index contributed by atoms with van der Waals surface area (Å²) in [5.41, 5.74) is 10.9. The van der Waals surface area contributed by atoms with E-state index < -0.39 is 6.04 Å². The van der Waals surface area contributed by atoms with Crippen LogP contribution in [0.4, 0.5) is 0 Å². The monoisotopic (exact) mass is 777 g/mol. The van der Waals surface area contributed by atoms with E-state index in [1.165, 1.54) is 16.7 Å². The van der Waals surface area contributed by atoms with Crippen LogP contribution in [0.5, 0.6) is 0 Å². The minimum atomic E-state index is -0.416. The second-order valence-corrected chi connectivity index (χ2v) is 16.7. The molecule has 0 spiro atoms. The van der Waals surface area contributed by atoms with E-state index in [0.29, 0.717) is 23.0 Å². The van der Waals surface area contributed by atoms with E-state index in [4.69, 9.17) is 21.8 Å². The number of nitrogens with zero attached hydrogens (tertiary/aromatic N) is 4. The highest BCUT2D eigenvalue weighted by atomic mass is 32.1. The van der Waals surface area contributed by atoms with Crippen LogP contribution in [0.3, 0.4) is 0 Å². The molecule has 1 aliphatic carbocycles.